The van der Waals surface area contributed by atoms with Gasteiger partial charge in [-0.05, 0) is 36.6 Å². The van der Waals surface area contributed by atoms with Crippen molar-refractivity contribution < 1.29 is 4.79 Å². The van der Waals surface area contributed by atoms with Gasteiger partial charge in [-0.1, -0.05) is 67.3 Å². The average Bonchev–Trinajstić information content (AvgIpc) is 3.06. The number of carbonyl (C=O) groups is 1. The van der Waals surface area contributed by atoms with Crippen LogP contribution in [0.3, 0.4) is 0 Å². The fraction of sp³-hybridized carbons (Fsp3) is 0.217. The molecule has 1 aliphatic rings. The summed E-state index contributed by atoms with van der Waals surface area (Å²) in [5.74, 6) is 0.303. The van der Waals surface area contributed by atoms with E-state index in [1.165, 1.54) is 16.2 Å². The van der Waals surface area contributed by atoms with Gasteiger partial charge in [0.25, 0.3) is 11.5 Å². The highest BCUT2D eigenvalue weighted by Crippen LogP contribution is 2.33. The molecular formula is C23H22N4O2S2. The fourth-order valence-electron chi connectivity index (χ4n) is 3.32. The summed E-state index contributed by atoms with van der Waals surface area (Å²) >= 11 is 6.68. The van der Waals surface area contributed by atoms with Crippen molar-refractivity contribution in [2.24, 2.45) is 0 Å². The molecule has 0 spiro atoms. The summed E-state index contributed by atoms with van der Waals surface area (Å²) in [5.41, 5.74) is 1.83. The van der Waals surface area contributed by atoms with Crippen molar-refractivity contribution in [3.05, 3.63) is 81.1 Å². The van der Waals surface area contributed by atoms with Crippen LogP contribution >= 0.6 is 24.0 Å². The number of hydrogen-bond donors (Lipinski definition) is 1. The molecule has 1 aromatic carbocycles. The highest BCUT2D eigenvalue weighted by atomic mass is 32.2. The van der Waals surface area contributed by atoms with Crippen LogP contribution in [0.5, 0.6) is 0 Å². The van der Waals surface area contributed by atoms with Crippen LogP contribution in [0.4, 0.5) is 5.82 Å². The van der Waals surface area contributed by atoms with Crippen LogP contribution in [0.15, 0.2) is 64.4 Å². The molecule has 1 aliphatic heterocycles. The Balaban J connectivity index is 1.66. The minimum atomic E-state index is -0.223. The Morgan fingerprint density at radius 3 is 2.68 bits per heavy atom. The number of anilines is 1. The van der Waals surface area contributed by atoms with Crippen molar-refractivity contribution in [2.75, 3.05) is 18.4 Å². The number of nitrogens with one attached hydrogen (secondary N) is 1. The number of rotatable bonds is 7. The molecular weight excluding hydrogens is 428 g/mol. The Labute approximate surface area is 190 Å². The van der Waals surface area contributed by atoms with E-state index in [0.29, 0.717) is 45.8 Å². The van der Waals surface area contributed by atoms with E-state index in [4.69, 9.17) is 12.2 Å². The van der Waals surface area contributed by atoms with Crippen LogP contribution in [0.1, 0.15) is 24.5 Å². The average molecular weight is 451 g/mol. The molecule has 0 unspecified atom stereocenters. The molecule has 1 fully saturated rings. The molecule has 8 heteroatoms. The van der Waals surface area contributed by atoms with E-state index in [1.807, 2.05) is 43.3 Å². The van der Waals surface area contributed by atoms with E-state index in [2.05, 4.69) is 10.3 Å². The summed E-state index contributed by atoms with van der Waals surface area (Å²) in [4.78, 5) is 32.8. The van der Waals surface area contributed by atoms with Gasteiger partial charge in [0.05, 0.1) is 10.5 Å². The van der Waals surface area contributed by atoms with Crippen LogP contribution in [-0.2, 0) is 11.2 Å². The van der Waals surface area contributed by atoms with Crippen molar-refractivity contribution in [2.45, 2.75) is 19.8 Å². The lowest BCUT2D eigenvalue weighted by atomic mass is 10.1. The van der Waals surface area contributed by atoms with Crippen LogP contribution in [0.25, 0.3) is 11.7 Å². The van der Waals surface area contributed by atoms with E-state index in [1.54, 1.807) is 29.3 Å². The smallest absolute Gasteiger partial charge is 0.267 e. The summed E-state index contributed by atoms with van der Waals surface area (Å²) in [6.07, 6.45) is 4.90. The first-order chi connectivity index (χ1) is 15.1. The van der Waals surface area contributed by atoms with Gasteiger partial charge >= 0.3 is 0 Å². The number of nitrogens with zero attached hydrogens (tertiary/aromatic N) is 3. The Morgan fingerprint density at radius 2 is 1.90 bits per heavy atom. The van der Waals surface area contributed by atoms with Crippen molar-refractivity contribution in [1.29, 1.82) is 0 Å². The van der Waals surface area contributed by atoms with Gasteiger partial charge in [0.15, 0.2) is 0 Å². The first-order valence-corrected chi connectivity index (χ1v) is 11.4. The SMILES string of the molecule is CCCNc1nc2ccccn2c(=O)c1/C=C1\SC(=S)N(CCc2ccccc2)C1=O. The molecule has 3 heterocycles. The van der Waals surface area contributed by atoms with Crippen LogP contribution < -0.4 is 10.9 Å². The molecule has 158 valence electrons. The fourth-order valence-corrected chi connectivity index (χ4v) is 4.61. The minimum Gasteiger partial charge on any atom is -0.369 e. The predicted molar refractivity (Wildman–Crippen MR) is 130 cm³/mol. The topological polar surface area (TPSA) is 66.7 Å². The van der Waals surface area contributed by atoms with Crippen molar-refractivity contribution >= 4 is 51.7 Å². The third-order valence-corrected chi connectivity index (χ3v) is 6.31. The number of carbonyl (C=O) groups excluding carboxylic acids is 1. The quantitative estimate of drug-likeness (QED) is 0.434. The normalized spacial score (nSPS) is 15.3. The van der Waals surface area contributed by atoms with Gasteiger partial charge in [0.1, 0.15) is 15.8 Å². The van der Waals surface area contributed by atoms with Gasteiger partial charge in [-0.15, -0.1) is 0 Å². The van der Waals surface area contributed by atoms with Gasteiger partial charge in [0.2, 0.25) is 0 Å². The van der Waals surface area contributed by atoms with E-state index in [-0.39, 0.29) is 11.5 Å². The molecule has 1 saturated heterocycles. The predicted octanol–water partition coefficient (Wildman–Crippen LogP) is 3.96. The maximum Gasteiger partial charge on any atom is 0.267 e. The summed E-state index contributed by atoms with van der Waals surface area (Å²) < 4.78 is 1.99. The number of aromatic nitrogens is 2. The molecule has 0 aliphatic carbocycles. The lowest BCUT2D eigenvalue weighted by Gasteiger charge is -2.14. The molecule has 0 atom stereocenters. The standard InChI is InChI=1S/C23H22N4O2S2/c1-2-12-24-20-17(21(28)26-13-7-6-10-19(26)25-20)15-18-22(29)27(23(30)31-18)14-11-16-8-4-3-5-9-16/h3-10,13,15,24H,2,11-12,14H2,1H3/b18-15-. The van der Waals surface area contributed by atoms with E-state index < -0.39 is 0 Å². The minimum absolute atomic E-state index is 0.176. The van der Waals surface area contributed by atoms with Gasteiger partial charge < -0.3 is 5.32 Å². The first kappa shape index (κ1) is 21.3. The molecule has 1 amide bonds. The Kier molecular flexibility index (Phi) is 6.48. The van der Waals surface area contributed by atoms with Crippen LogP contribution in [-0.4, -0.2) is 37.6 Å². The molecule has 0 bridgehead atoms. The lowest BCUT2D eigenvalue weighted by Crippen LogP contribution is -2.30. The molecule has 0 saturated carbocycles. The zero-order valence-corrected chi connectivity index (χ0v) is 18.7. The van der Waals surface area contributed by atoms with Crippen molar-refractivity contribution in [1.82, 2.24) is 14.3 Å². The molecule has 3 aromatic rings. The molecule has 0 radical (unpaired) electrons. The summed E-state index contributed by atoms with van der Waals surface area (Å²) in [5, 5.41) is 3.22. The summed E-state index contributed by atoms with van der Waals surface area (Å²) in [7, 11) is 0. The number of amides is 1. The summed E-state index contributed by atoms with van der Waals surface area (Å²) in [6, 6.07) is 15.4. The third kappa shape index (κ3) is 4.55. The van der Waals surface area contributed by atoms with Crippen LogP contribution in [0.2, 0.25) is 0 Å². The second kappa shape index (κ2) is 9.45. The second-order valence-electron chi connectivity index (χ2n) is 7.10. The van der Waals surface area contributed by atoms with Gasteiger partial charge in [-0.25, -0.2) is 4.98 Å². The van der Waals surface area contributed by atoms with Gasteiger partial charge in [-0.2, -0.15) is 0 Å². The third-order valence-electron chi connectivity index (χ3n) is 4.93. The number of hydrogen-bond acceptors (Lipinski definition) is 6. The molecule has 2 aromatic heterocycles. The Bertz CT molecular complexity index is 1220. The number of thiocarbonyl (C=S) groups is 1. The van der Waals surface area contributed by atoms with Crippen LogP contribution in [0, 0.1) is 0 Å². The number of benzene rings is 1. The van der Waals surface area contributed by atoms with E-state index in [0.717, 1.165) is 12.0 Å². The van der Waals surface area contributed by atoms with Gasteiger partial charge in [-0.3, -0.25) is 18.9 Å². The Morgan fingerprint density at radius 1 is 1.13 bits per heavy atom. The molecule has 31 heavy (non-hydrogen) atoms. The monoisotopic (exact) mass is 450 g/mol. The zero-order valence-electron chi connectivity index (χ0n) is 17.1. The van der Waals surface area contributed by atoms with E-state index in [9.17, 15) is 9.59 Å². The highest BCUT2D eigenvalue weighted by Gasteiger charge is 2.32. The van der Waals surface area contributed by atoms with Gasteiger partial charge in [0, 0.05) is 19.3 Å². The summed E-state index contributed by atoms with van der Waals surface area (Å²) in [6.45, 7) is 3.22. The lowest BCUT2D eigenvalue weighted by molar-refractivity contribution is -0.122. The Hall–Kier alpha value is -2.97. The highest BCUT2D eigenvalue weighted by molar-refractivity contribution is 8.26. The van der Waals surface area contributed by atoms with Crippen molar-refractivity contribution in [3.8, 4) is 0 Å². The number of pyridine rings is 1. The zero-order chi connectivity index (χ0) is 21.8. The number of thioether (sulfide) groups is 1. The van der Waals surface area contributed by atoms with E-state index >= 15 is 0 Å². The number of fused-ring (bicyclic) bond motifs is 1. The molecule has 6 nitrogen and oxygen atoms in total. The largest absolute Gasteiger partial charge is 0.369 e. The maximum absolute atomic E-state index is 13.2. The maximum atomic E-state index is 13.2. The molecule has 4 rings (SSSR count). The molecule has 1 N–H and O–H groups in total. The second-order valence-corrected chi connectivity index (χ2v) is 8.78. The first-order valence-electron chi connectivity index (χ1n) is 10.1. The van der Waals surface area contributed by atoms with Crippen molar-refractivity contribution in [3.63, 3.8) is 0 Å².